The van der Waals surface area contributed by atoms with Crippen molar-refractivity contribution in [2.45, 2.75) is 38.0 Å². The van der Waals surface area contributed by atoms with Gasteiger partial charge in [0.05, 0.1) is 6.61 Å². The summed E-state index contributed by atoms with van der Waals surface area (Å²) in [5.41, 5.74) is 0.730. The van der Waals surface area contributed by atoms with E-state index in [1.807, 2.05) is 12.1 Å². The number of ether oxygens (including phenoxy) is 2. The summed E-state index contributed by atoms with van der Waals surface area (Å²) in [5, 5.41) is 4.16. The highest BCUT2D eigenvalue weighted by Gasteiger charge is 2.22. The minimum absolute atomic E-state index is 0.417. The van der Waals surface area contributed by atoms with E-state index >= 15 is 0 Å². The summed E-state index contributed by atoms with van der Waals surface area (Å²) in [6.07, 6.45) is 7.76. The molecule has 0 atom stereocenters. The second-order valence-electron chi connectivity index (χ2n) is 5.49. The highest BCUT2D eigenvalue weighted by molar-refractivity contribution is 5.59. The Labute approximate surface area is 129 Å². The van der Waals surface area contributed by atoms with E-state index in [0.29, 0.717) is 30.9 Å². The van der Waals surface area contributed by atoms with E-state index in [0.717, 1.165) is 24.2 Å². The smallest absolute Gasteiger partial charge is 0.263 e. The van der Waals surface area contributed by atoms with Gasteiger partial charge in [0.25, 0.3) is 5.89 Å². The lowest BCUT2D eigenvalue weighted by Crippen LogP contribution is -2.07. The van der Waals surface area contributed by atoms with Crippen molar-refractivity contribution < 1.29 is 14.0 Å². The molecule has 0 amide bonds. The number of rotatable bonds is 6. The largest absolute Gasteiger partial charge is 0.475 e. The van der Waals surface area contributed by atoms with E-state index in [9.17, 15) is 0 Å². The molecule has 0 aliphatic heterocycles. The van der Waals surface area contributed by atoms with E-state index < -0.39 is 0 Å². The third kappa shape index (κ3) is 3.44. The van der Waals surface area contributed by atoms with Crippen LogP contribution in [0.3, 0.4) is 0 Å². The summed E-state index contributed by atoms with van der Waals surface area (Å²) in [7, 11) is 1.64. The molecule has 0 saturated heterocycles. The third-order valence-electron chi connectivity index (χ3n) is 3.94. The molecule has 22 heavy (non-hydrogen) atoms. The normalized spacial score (nSPS) is 15.9. The lowest BCUT2D eigenvalue weighted by Gasteiger charge is -2.17. The summed E-state index contributed by atoms with van der Waals surface area (Å²) in [5.74, 6) is 2.20. The molecular weight excluding hydrogens is 282 g/mol. The summed E-state index contributed by atoms with van der Waals surface area (Å²) in [6, 6.07) is 3.72. The van der Waals surface area contributed by atoms with E-state index in [2.05, 4.69) is 15.1 Å². The van der Waals surface area contributed by atoms with Crippen LogP contribution in [0.4, 0.5) is 0 Å². The van der Waals surface area contributed by atoms with Gasteiger partial charge in [0.15, 0.2) is 5.82 Å². The van der Waals surface area contributed by atoms with Crippen molar-refractivity contribution in [1.82, 2.24) is 15.1 Å². The Morgan fingerprint density at radius 2 is 2.09 bits per heavy atom. The molecular formula is C16H21N3O3. The van der Waals surface area contributed by atoms with Crippen LogP contribution in [0.25, 0.3) is 11.5 Å². The van der Waals surface area contributed by atoms with Crippen LogP contribution in [0.5, 0.6) is 5.88 Å². The van der Waals surface area contributed by atoms with Crippen LogP contribution in [0, 0.1) is 0 Å². The SMILES string of the molecule is COCCOc1ncccc1-c1nc(C2CCCCC2)no1. The zero-order chi connectivity index (χ0) is 15.2. The van der Waals surface area contributed by atoms with E-state index in [-0.39, 0.29) is 0 Å². The van der Waals surface area contributed by atoms with Gasteiger partial charge in [-0.3, -0.25) is 0 Å². The Bertz CT molecular complexity index is 594. The molecule has 6 nitrogen and oxygen atoms in total. The van der Waals surface area contributed by atoms with Crippen LogP contribution >= 0.6 is 0 Å². The van der Waals surface area contributed by atoms with Gasteiger partial charge in [-0.05, 0) is 25.0 Å². The molecule has 0 bridgehead atoms. The molecule has 0 spiro atoms. The highest BCUT2D eigenvalue weighted by Crippen LogP contribution is 2.33. The number of aromatic nitrogens is 3. The third-order valence-corrected chi connectivity index (χ3v) is 3.94. The molecule has 2 aromatic heterocycles. The average Bonchev–Trinajstić information content (AvgIpc) is 3.06. The number of nitrogens with zero attached hydrogens (tertiary/aromatic N) is 3. The molecule has 1 saturated carbocycles. The molecule has 1 fully saturated rings. The van der Waals surface area contributed by atoms with Crippen molar-refractivity contribution in [3.63, 3.8) is 0 Å². The van der Waals surface area contributed by atoms with Gasteiger partial charge < -0.3 is 14.0 Å². The number of methoxy groups -OCH3 is 1. The van der Waals surface area contributed by atoms with Crippen LogP contribution in [0.1, 0.15) is 43.8 Å². The number of hydrogen-bond donors (Lipinski definition) is 0. The van der Waals surface area contributed by atoms with Crippen LogP contribution in [-0.4, -0.2) is 35.4 Å². The van der Waals surface area contributed by atoms with E-state index in [1.165, 1.54) is 19.3 Å². The molecule has 0 aromatic carbocycles. The molecule has 1 aliphatic carbocycles. The molecule has 1 aliphatic rings. The summed E-state index contributed by atoms with van der Waals surface area (Å²) in [4.78, 5) is 8.81. The van der Waals surface area contributed by atoms with Crippen molar-refractivity contribution in [1.29, 1.82) is 0 Å². The molecule has 6 heteroatoms. The van der Waals surface area contributed by atoms with Crippen LogP contribution in [-0.2, 0) is 4.74 Å². The topological polar surface area (TPSA) is 70.3 Å². The number of pyridine rings is 1. The number of hydrogen-bond acceptors (Lipinski definition) is 6. The minimum atomic E-state index is 0.417. The lowest BCUT2D eigenvalue weighted by atomic mass is 9.89. The maximum Gasteiger partial charge on any atom is 0.263 e. The van der Waals surface area contributed by atoms with Crippen LogP contribution in [0.2, 0.25) is 0 Å². The van der Waals surface area contributed by atoms with Crippen molar-refractivity contribution >= 4 is 0 Å². The van der Waals surface area contributed by atoms with Gasteiger partial charge >= 0.3 is 0 Å². The van der Waals surface area contributed by atoms with Gasteiger partial charge in [-0.15, -0.1) is 0 Å². The van der Waals surface area contributed by atoms with Gasteiger partial charge in [0.2, 0.25) is 5.88 Å². The van der Waals surface area contributed by atoms with Gasteiger partial charge in [0, 0.05) is 19.2 Å². The standard InChI is InChI=1S/C16H21N3O3/c1-20-10-11-21-15-13(8-5-9-17-15)16-18-14(19-22-16)12-6-3-2-4-7-12/h5,8-9,12H,2-4,6-7,10-11H2,1H3. The second-order valence-corrected chi connectivity index (χ2v) is 5.49. The van der Waals surface area contributed by atoms with Crippen molar-refractivity contribution in [3.05, 3.63) is 24.2 Å². The lowest BCUT2D eigenvalue weighted by molar-refractivity contribution is 0.144. The van der Waals surface area contributed by atoms with Gasteiger partial charge in [0.1, 0.15) is 12.2 Å². The summed E-state index contributed by atoms with van der Waals surface area (Å²) >= 11 is 0. The fourth-order valence-corrected chi connectivity index (χ4v) is 2.76. The average molecular weight is 303 g/mol. The predicted octanol–water partition coefficient (Wildman–Crippen LogP) is 3.20. The fraction of sp³-hybridized carbons (Fsp3) is 0.562. The molecule has 118 valence electrons. The molecule has 3 rings (SSSR count). The first-order chi connectivity index (χ1) is 10.9. The van der Waals surface area contributed by atoms with Crippen molar-refractivity contribution in [2.24, 2.45) is 0 Å². The molecule has 0 N–H and O–H groups in total. The van der Waals surface area contributed by atoms with Crippen molar-refractivity contribution in [3.8, 4) is 17.3 Å². The first-order valence-corrected chi connectivity index (χ1v) is 7.79. The maximum absolute atomic E-state index is 5.62. The molecule has 0 unspecified atom stereocenters. The van der Waals surface area contributed by atoms with Crippen LogP contribution < -0.4 is 4.74 Å². The second kappa shape index (κ2) is 7.35. The Hall–Kier alpha value is -1.95. The van der Waals surface area contributed by atoms with Crippen molar-refractivity contribution in [2.75, 3.05) is 20.3 Å². The monoisotopic (exact) mass is 303 g/mol. The summed E-state index contributed by atoms with van der Waals surface area (Å²) in [6.45, 7) is 0.942. The van der Waals surface area contributed by atoms with Gasteiger partial charge in [-0.25, -0.2) is 4.98 Å². The maximum atomic E-state index is 5.62. The Kier molecular flexibility index (Phi) is 5.00. The van der Waals surface area contributed by atoms with Gasteiger partial charge in [-0.2, -0.15) is 4.98 Å². The molecule has 0 radical (unpaired) electrons. The highest BCUT2D eigenvalue weighted by atomic mass is 16.5. The van der Waals surface area contributed by atoms with E-state index in [4.69, 9.17) is 14.0 Å². The quantitative estimate of drug-likeness (QED) is 0.763. The zero-order valence-corrected chi connectivity index (χ0v) is 12.8. The Morgan fingerprint density at radius 3 is 2.91 bits per heavy atom. The summed E-state index contributed by atoms with van der Waals surface area (Å²) < 4.78 is 16.0. The Morgan fingerprint density at radius 1 is 1.23 bits per heavy atom. The van der Waals surface area contributed by atoms with E-state index in [1.54, 1.807) is 13.3 Å². The fourth-order valence-electron chi connectivity index (χ4n) is 2.76. The molecule has 2 heterocycles. The first kappa shape index (κ1) is 15.0. The van der Waals surface area contributed by atoms with Crippen LogP contribution in [0.15, 0.2) is 22.9 Å². The first-order valence-electron chi connectivity index (χ1n) is 7.79. The van der Waals surface area contributed by atoms with Gasteiger partial charge in [-0.1, -0.05) is 24.4 Å². The Balaban J connectivity index is 1.77. The molecule has 2 aromatic rings. The predicted molar refractivity (Wildman–Crippen MR) is 80.7 cm³/mol. The minimum Gasteiger partial charge on any atom is -0.475 e. The zero-order valence-electron chi connectivity index (χ0n) is 12.8.